The van der Waals surface area contributed by atoms with Crippen LogP contribution in [-0.2, 0) is 14.3 Å². The molecule has 0 saturated heterocycles. The summed E-state index contributed by atoms with van der Waals surface area (Å²) in [6.07, 6.45) is 0.968. The van der Waals surface area contributed by atoms with Gasteiger partial charge in [0.1, 0.15) is 0 Å². The SMILES string of the molecule is CCOC(=O)CCN1CCC(c2ccccc2)=C(C(=O)O)C1. The van der Waals surface area contributed by atoms with Crippen molar-refractivity contribution in [3.8, 4) is 0 Å². The summed E-state index contributed by atoms with van der Waals surface area (Å²) in [5.41, 5.74) is 2.27. The second-order valence-corrected chi connectivity index (χ2v) is 5.21. The third-order valence-corrected chi connectivity index (χ3v) is 3.74. The number of aliphatic carboxylic acids is 1. The first-order valence-electron chi connectivity index (χ1n) is 7.50. The molecule has 1 aromatic carbocycles. The Morgan fingerprint density at radius 1 is 1.27 bits per heavy atom. The average molecular weight is 303 g/mol. The predicted molar refractivity (Wildman–Crippen MR) is 83.3 cm³/mol. The van der Waals surface area contributed by atoms with Crippen LogP contribution in [0.15, 0.2) is 35.9 Å². The van der Waals surface area contributed by atoms with Gasteiger partial charge in [0.05, 0.1) is 18.6 Å². The fraction of sp³-hybridized carbons (Fsp3) is 0.412. The second kappa shape index (κ2) is 7.75. The van der Waals surface area contributed by atoms with Crippen LogP contribution < -0.4 is 0 Å². The van der Waals surface area contributed by atoms with Crippen molar-refractivity contribution in [3.05, 3.63) is 41.5 Å². The number of carbonyl (C=O) groups is 2. The molecule has 0 amide bonds. The van der Waals surface area contributed by atoms with E-state index in [4.69, 9.17) is 4.74 Å². The Morgan fingerprint density at radius 2 is 2.00 bits per heavy atom. The van der Waals surface area contributed by atoms with Gasteiger partial charge in [-0.2, -0.15) is 0 Å². The van der Waals surface area contributed by atoms with Crippen LogP contribution in [0.3, 0.4) is 0 Å². The summed E-state index contributed by atoms with van der Waals surface area (Å²) in [4.78, 5) is 25.0. The molecule has 0 saturated carbocycles. The highest BCUT2D eigenvalue weighted by molar-refractivity contribution is 5.97. The molecular formula is C17H21NO4. The third kappa shape index (κ3) is 4.18. The molecule has 0 aliphatic carbocycles. The topological polar surface area (TPSA) is 66.8 Å². The number of carbonyl (C=O) groups excluding carboxylic acids is 1. The van der Waals surface area contributed by atoms with Gasteiger partial charge in [-0.15, -0.1) is 0 Å². The van der Waals surface area contributed by atoms with E-state index in [0.29, 0.717) is 38.1 Å². The lowest BCUT2D eigenvalue weighted by Crippen LogP contribution is -2.35. The average Bonchev–Trinajstić information content (AvgIpc) is 2.54. The summed E-state index contributed by atoms with van der Waals surface area (Å²) >= 11 is 0. The van der Waals surface area contributed by atoms with Crippen LogP contribution in [0.25, 0.3) is 5.57 Å². The largest absolute Gasteiger partial charge is 0.478 e. The summed E-state index contributed by atoms with van der Waals surface area (Å²) in [7, 11) is 0. The van der Waals surface area contributed by atoms with Crippen molar-refractivity contribution in [2.24, 2.45) is 0 Å². The highest BCUT2D eigenvalue weighted by Gasteiger charge is 2.24. The molecule has 2 rings (SSSR count). The van der Waals surface area contributed by atoms with Crippen molar-refractivity contribution in [2.75, 3.05) is 26.2 Å². The van der Waals surface area contributed by atoms with E-state index in [0.717, 1.165) is 17.7 Å². The highest BCUT2D eigenvalue weighted by atomic mass is 16.5. The first kappa shape index (κ1) is 16.2. The highest BCUT2D eigenvalue weighted by Crippen LogP contribution is 2.27. The number of nitrogens with zero attached hydrogens (tertiary/aromatic N) is 1. The van der Waals surface area contributed by atoms with Crippen LogP contribution >= 0.6 is 0 Å². The molecule has 0 radical (unpaired) electrons. The maximum atomic E-state index is 11.5. The Kier molecular flexibility index (Phi) is 5.72. The van der Waals surface area contributed by atoms with Crippen LogP contribution in [0.2, 0.25) is 0 Å². The van der Waals surface area contributed by atoms with Crippen molar-refractivity contribution in [1.82, 2.24) is 4.90 Å². The molecule has 0 bridgehead atoms. The van der Waals surface area contributed by atoms with E-state index in [1.165, 1.54) is 0 Å². The van der Waals surface area contributed by atoms with Crippen molar-refractivity contribution in [2.45, 2.75) is 19.8 Å². The van der Waals surface area contributed by atoms with E-state index in [1.807, 2.05) is 35.2 Å². The lowest BCUT2D eigenvalue weighted by Gasteiger charge is -2.29. The van der Waals surface area contributed by atoms with Crippen LogP contribution in [0.4, 0.5) is 0 Å². The van der Waals surface area contributed by atoms with Crippen LogP contribution in [0.5, 0.6) is 0 Å². The Hall–Kier alpha value is -2.14. The summed E-state index contributed by atoms with van der Waals surface area (Å²) in [5.74, 6) is -1.13. The van der Waals surface area contributed by atoms with E-state index >= 15 is 0 Å². The number of esters is 1. The molecule has 0 spiro atoms. The van der Waals surface area contributed by atoms with Crippen molar-refractivity contribution < 1.29 is 19.4 Å². The lowest BCUT2D eigenvalue weighted by atomic mass is 9.93. The van der Waals surface area contributed by atoms with Gasteiger partial charge in [0.15, 0.2) is 0 Å². The second-order valence-electron chi connectivity index (χ2n) is 5.21. The molecule has 5 nitrogen and oxygen atoms in total. The Labute approximate surface area is 130 Å². The normalized spacial score (nSPS) is 15.7. The molecule has 1 aliphatic rings. The molecule has 1 N–H and O–H groups in total. The molecule has 118 valence electrons. The Bertz CT molecular complexity index is 565. The van der Waals surface area contributed by atoms with Crippen LogP contribution in [-0.4, -0.2) is 48.2 Å². The van der Waals surface area contributed by atoms with Gasteiger partial charge in [-0.25, -0.2) is 4.79 Å². The molecule has 1 aliphatic heterocycles. The van der Waals surface area contributed by atoms with Crippen molar-refractivity contribution >= 4 is 17.5 Å². The molecule has 22 heavy (non-hydrogen) atoms. The van der Waals surface area contributed by atoms with Gasteiger partial charge in [0.25, 0.3) is 0 Å². The summed E-state index contributed by atoms with van der Waals surface area (Å²) < 4.78 is 4.90. The molecule has 1 heterocycles. The molecule has 5 heteroatoms. The molecule has 0 unspecified atom stereocenters. The van der Waals surface area contributed by atoms with E-state index in [-0.39, 0.29) is 5.97 Å². The zero-order chi connectivity index (χ0) is 15.9. The fourth-order valence-corrected chi connectivity index (χ4v) is 2.65. The number of carboxylic acids is 1. The number of hydrogen-bond acceptors (Lipinski definition) is 4. The van der Waals surface area contributed by atoms with Crippen LogP contribution in [0.1, 0.15) is 25.3 Å². The van der Waals surface area contributed by atoms with Crippen molar-refractivity contribution in [1.29, 1.82) is 0 Å². The monoisotopic (exact) mass is 303 g/mol. The maximum absolute atomic E-state index is 11.5. The number of rotatable bonds is 6. The lowest BCUT2D eigenvalue weighted by molar-refractivity contribution is -0.143. The van der Waals surface area contributed by atoms with E-state index in [9.17, 15) is 14.7 Å². The minimum absolute atomic E-state index is 0.239. The van der Waals surface area contributed by atoms with Gasteiger partial charge in [-0.05, 0) is 24.5 Å². The first-order valence-corrected chi connectivity index (χ1v) is 7.50. The molecule has 1 aromatic rings. The number of ether oxygens (including phenoxy) is 1. The minimum Gasteiger partial charge on any atom is -0.478 e. The Morgan fingerprint density at radius 3 is 2.64 bits per heavy atom. The third-order valence-electron chi connectivity index (χ3n) is 3.74. The first-order chi connectivity index (χ1) is 10.6. The van der Waals surface area contributed by atoms with Gasteiger partial charge >= 0.3 is 11.9 Å². The fourth-order valence-electron chi connectivity index (χ4n) is 2.65. The molecule has 0 atom stereocenters. The standard InChI is InChI=1S/C17H21NO4/c1-2-22-16(19)9-11-18-10-8-14(15(12-18)17(20)21)13-6-4-3-5-7-13/h3-7H,2,8-12H2,1H3,(H,20,21). The summed E-state index contributed by atoms with van der Waals surface area (Å²) in [6, 6.07) is 9.61. The van der Waals surface area contributed by atoms with Gasteiger partial charge in [0, 0.05) is 19.6 Å². The number of benzene rings is 1. The van der Waals surface area contributed by atoms with Crippen molar-refractivity contribution in [3.63, 3.8) is 0 Å². The van der Waals surface area contributed by atoms with Gasteiger partial charge in [-0.1, -0.05) is 30.3 Å². The minimum atomic E-state index is -0.889. The van der Waals surface area contributed by atoms with Gasteiger partial charge in [0.2, 0.25) is 0 Å². The quantitative estimate of drug-likeness (QED) is 0.816. The summed E-state index contributed by atoms with van der Waals surface area (Å²) in [6.45, 7) is 3.78. The molecule has 0 fully saturated rings. The zero-order valence-corrected chi connectivity index (χ0v) is 12.7. The smallest absolute Gasteiger partial charge is 0.333 e. The molecule has 0 aromatic heterocycles. The maximum Gasteiger partial charge on any atom is 0.333 e. The zero-order valence-electron chi connectivity index (χ0n) is 12.7. The van der Waals surface area contributed by atoms with E-state index in [2.05, 4.69) is 0 Å². The van der Waals surface area contributed by atoms with Crippen LogP contribution in [0, 0.1) is 0 Å². The van der Waals surface area contributed by atoms with Gasteiger partial charge < -0.3 is 9.84 Å². The number of hydrogen-bond donors (Lipinski definition) is 1. The van der Waals surface area contributed by atoms with E-state index < -0.39 is 5.97 Å². The van der Waals surface area contributed by atoms with Gasteiger partial charge in [-0.3, -0.25) is 9.69 Å². The summed E-state index contributed by atoms with van der Waals surface area (Å²) in [5, 5.41) is 9.47. The Balaban J connectivity index is 2.07. The predicted octanol–water partition coefficient (Wildman–Crippen LogP) is 2.18. The van der Waals surface area contributed by atoms with E-state index in [1.54, 1.807) is 6.92 Å². The molecular weight excluding hydrogens is 282 g/mol. The number of carboxylic acid groups (broad SMARTS) is 1.